The lowest BCUT2D eigenvalue weighted by atomic mass is 10.1. The maximum absolute atomic E-state index is 4.64. The summed E-state index contributed by atoms with van der Waals surface area (Å²) in [5.74, 6) is 1.51. The van der Waals surface area contributed by atoms with Gasteiger partial charge in [0.15, 0.2) is 0 Å². The average Bonchev–Trinajstić information content (AvgIpc) is 2.63. The molecule has 25 heavy (non-hydrogen) atoms. The zero-order valence-electron chi connectivity index (χ0n) is 14.9. The third-order valence-corrected chi connectivity index (χ3v) is 4.15. The molecule has 0 bridgehead atoms. The fourth-order valence-corrected chi connectivity index (χ4v) is 2.66. The highest BCUT2D eigenvalue weighted by atomic mass is 15.2. The Morgan fingerprint density at radius 1 is 1.00 bits per heavy atom. The molecule has 1 aromatic carbocycles. The van der Waals surface area contributed by atoms with Crippen molar-refractivity contribution in [2.75, 3.05) is 23.8 Å². The minimum atomic E-state index is 0.611. The summed E-state index contributed by atoms with van der Waals surface area (Å²) >= 11 is 0. The number of pyridine rings is 1. The average molecular weight is 333 g/mol. The Balaban J connectivity index is 1.68. The number of nitrogens with zero attached hydrogens (tertiary/aromatic N) is 4. The Morgan fingerprint density at radius 2 is 1.80 bits per heavy atom. The molecule has 0 atom stereocenters. The first-order valence-electron chi connectivity index (χ1n) is 8.39. The second kappa shape index (κ2) is 7.75. The van der Waals surface area contributed by atoms with Crippen molar-refractivity contribution in [1.29, 1.82) is 0 Å². The second-order valence-corrected chi connectivity index (χ2v) is 6.21. The molecule has 0 amide bonds. The van der Waals surface area contributed by atoms with Crippen molar-refractivity contribution in [3.63, 3.8) is 0 Å². The summed E-state index contributed by atoms with van der Waals surface area (Å²) in [6.07, 6.45) is 6.39. The van der Waals surface area contributed by atoms with Crippen LogP contribution in [0.5, 0.6) is 0 Å². The van der Waals surface area contributed by atoms with E-state index in [0.29, 0.717) is 5.95 Å². The molecular weight excluding hydrogens is 310 g/mol. The van der Waals surface area contributed by atoms with Gasteiger partial charge in [-0.1, -0.05) is 17.7 Å². The van der Waals surface area contributed by atoms with Gasteiger partial charge < -0.3 is 10.2 Å². The summed E-state index contributed by atoms with van der Waals surface area (Å²) < 4.78 is 0. The van der Waals surface area contributed by atoms with E-state index in [1.807, 2.05) is 37.6 Å². The largest absolute Gasteiger partial charge is 0.359 e. The first kappa shape index (κ1) is 16.9. The highest BCUT2D eigenvalue weighted by Crippen LogP contribution is 2.20. The van der Waals surface area contributed by atoms with Gasteiger partial charge >= 0.3 is 0 Å². The van der Waals surface area contributed by atoms with E-state index in [0.717, 1.165) is 24.5 Å². The molecule has 0 aliphatic heterocycles. The molecule has 0 unspecified atom stereocenters. The molecule has 3 rings (SSSR count). The maximum Gasteiger partial charge on any atom is 0.229 e. The minimum Gasteiger partial charge on any atom is -0.359 e. The maximum atomic E-state index is 4.64. The van der Waals surface area contributed by atoms with Crippen molar-refractivity contribution >= 4 is 17.5 Å². The van der Waals surface area contributed by atoms with Crippen LogP contribution >= 0.6 is 0 Å². The lowest BCUT2D eigenvalue weighted by molar-refractivity contribution is 0.855. The van der Waals surface area contributed by atoms with E-state index < -0.39 is 0 Å². The van der Waals surface area contributed by atoms with Crippen LogP contribution in [0.3, 0.4) is 0 Å². The van der Waals surface area contributed by atoms with Crippen molar-refractivity contribution in [2.45, 2.75) is 20.3 Å². The fourth-order valence-electron chi connectivity index (χ4n) is 2.66. The van der Waals surface area contributed by atoms with Gasteiger partial charge in [0.25, 0.3) is 0 Å². The molecule has 2 heterocycles. The molecule has 3 aromatic rings. The summed E-state index contributed by atoms with van der Waals surface area (Å²) in [6, 6.07) is 12.3. The molecule has 0 spiro atoms. The molecule has 0 saturated carbocycles. The lowest BCUT2D eigenvalue weighted by Gasteiger charge is -2.19. The van der Waals surface area contributed by atoms with Gasteiger partial charge in [0.1, 0.15) is 5.82 Å². The minimum absolute atomic E-state index is 0.611. The predicted octanol–water partition coefficient (Wildman–Crippen LogP) is 3.91. The van der Waals surface area contributed by atoms with E-state index >= 15 is 0 Å². The first-order chi connectivity index (χ1) is 12.1. The Bertz CT molecular complexity index is 832. The van der Waals surface area contributed by atoms with Crippen molar-refractivity contribution in [3.8, 4) is 0 Å². The Hall–Kier alpha value is -2.95. The highest BCUT2D eigenvalue weighted by Gasteiger charge is 2.06. The number of nitrogens with one attached hydrogen (secondary N) is 1. The molecular formula is C20H23N5. The smallest absolute Gasteiger partial charge is 0.229 e. The molecule has 1 N–H and O–H groups in total. The number of hydrogen-bond donors (Lipinski definition) is 1. The van der Waals surface area contributed by atoms with Crippen LogP contribution in [0.4, 0.5) is 17.5 Å². The second-order valence-electron chi connectivity index (χ2n) is 6.21. The number of likely N-dealkylation sites (N-methyl/N-ethyl adjacent to an activating group) is 1. The standard InChI is InChI=1S/C20H23N5/c1-15-4-5-18(16(2)14-15)23-20-22-12-8-19(24-20)25(3)13-9-17-6-10-21-11-7-17/h4-8,10-12,14H,9,13H2,1-3H3,(H,22,23,24). The number of aryl methyl sites for hydroxylation is 2. The summed E-state index contributed by atoms with van der Waals surface area (Å²) in [5, 5.41) is 3.31. The van der Waals surface area contributed by atoms with E-state index in [1.54, 1.807) is 6.20 Å². The third kappa shape index (κ3) is 4.53. The molecule has 0 aliphatic carbocycles. The molecule has 5 heteroatoms. The van der Waals surface area contributed by atoms with Crippen LogP contribution in [0.2, 0.25) is 0 Å². The summed E-state index contributed by atoms with van der Waals surface area (Å²) in [4.78, 5) is 15.2. The van der Waals surface area contributed by atoms with Crippen LogP contribution in [0.25, 0.3) is 0 Å². The molecule has 5 nitrogen and oxygen atoms in total. The van der Waals surface area contributed by atoms with Crippen LogP contribution in [0.1, 0.15) is 16.7 Å². The predicted molar refractivity (Wildman–Crippen MR) is 102 cm³/mol. The van der Waals surface area contributed by atoms with Gasteiger partial charge in [-0.25, -0.2) is 4.98 Å². The van der Waals surface area contributed by atoms with Gasteiger partial charge in [-0.15, -0.1) is 0 Å². The highest BCUT2D eigenvalue weighted by molar-refractivity contribution is 5.59. The summed E-state index contributed by atoms with van der Waals surface area (Å²) in [6.45, 7) is 5.05. The quantitative estimate of drug-likeness (QED) is 0.741. The molecule has 0 fully saturated rings. The Kier molecular flexibility index (Phi) is 5.23. The Labute approximate surface area is 148 Å². The third-order valence-electron chi connectivity index (χ3n) is 4.15. The van der Waals surface area contributed by atoms with Gasteiger partial charge in [0, 0.05) is 37.9 Å². The topological polar surface area (TPSA) is 53.9 Å². The lowest BCUT2D eigenvalue weighted by Crippen LogP contribution is -2.21. The van der Waals surface area contributed by atoms with E-state index in [4.69, 9.17) is 0 Å². The fraction of sp³-hybridized carbons (Fsp3) is 0.250. The number of aromatic nitrogens is 3. The normalized spacial score (nSPS) is 10.5. The molecule has 0 radical (unpaired) electrons. The van der Waals surface area contributed by atoms with Gasteiger partial charge in [0.2, 0.25) is 5.95 Å². The molecule has 0 aliphatic rings. The Morgan fingerprint density at radius 3 is 2.56 bits per heavy atom. The van der Waals surface area contributed by atoms with Gasteiger partial charge in [-0.3, -0.25) is 4.98 Å². The summed E-state index contributed by atoms with van der Waals surface area (Å²) in [5.41, 5.74) is 4.72. The SMILES string of the molecule is Cc1ccc(Nc2nccc(N(C)CCc3ccncc3)n2)c(C)c1. The van der Waals surface area contributed by atoms with Crippen LogP contribution < -0.4 is 10.2 Å². The van der Waals surface area contributed by atoms with Gasteiger partial charge in [-0.05, 0) is 55.7 Å². The van der Waals surface area contributed by atoms with Crippen molar-refractivity contribution < 1.29 is 0 Å². The van der Waals surface area contributed by atoms with Gasteiger partial charge in [-0.2, -0.15) is 4.98 Å². The van der Waals surface area contributed by atoms with Crippen molar-refractivity contribution in [2.24, 2.45) is 0 Å². The van der Waals surface area contributed by atoms with E-state index in [1.165, 1.54) is 16.7 Å². The van der Waals surface area contributed by atoms with Gasteiger partial charge in [0.05, 0.1) is 0 Å². The number of rotatable bonds is 6. The van der Waals surface area contributed by atoms with Crippen molar-refractivity contribution in [3.05, 3.63) is 71.7 Å². The number of hydrogen-bond acceptors (Lipinski definition) is 5. The molecule has 128 valence electrons. The van der Waals surface area contributed by atoms with Crippen LogP contribution in [0, 0.1) is 13.8 Å². The summed E-state index contributed by atoms with van der Waals surface area (Å²) in [7, 11) is 2.05. The monoisotopic (exact) mass is 333 g/mol. The van der Waals surface area contributed by atoms with Crippen LogP contribution in [0.15, 0.2) is 55.0 Å². The van der Waals surface area contributed by atoms with E-state index in [9.17, 15) is 0 Å². The molecule has 0 saturated heterocycles. The number of anilines is 3. The van der Waals surface area contributed by atoms with Crippen LogP contribution in [-0.4, -0.2) is 28.5 Å². The molecule has 2 aromatic heterocycles. The number of benzene rings is 1. The zero-order valence-corrected chi connectivity index (χ0v) is 14.9. The first-order valence-corrected chi connectivity index (χ1v) is 8.39. The van der Waals surface area contributed by atoms with E-state index in [2.05, 4.69) is 57.2 Å². The van der Waals surface area contributed by atoms with Crippen LogP contribution in [-0.2, 0) is 6.42 Å². The van der Waals surface area contributed by atoms with E-state index in [-0.39, 0.29) is 0 Å². The zero-order chi connectivity index (χ0) is 17.6. The van der Waals surface area contributed by atoms with Crippen molar-refractivity contribution in [1.82, 2.24) is 15.0 Å².